The van der Waals surface area contributed by atoms with Gasteiger partial charge in [0.1, 0.15) is 12.4 Å². The van der Waals surface area contributed by atoms with E-state index in [0.717, 1.165) is 17.0 Å². The zero-order valence-electron chi connectivity index (χ0n) is 15.2. The van der Waals surface area contributed by atoms with Crippen molar-refractivity contribution in [3.8, 4) is 5.75 Å². The minimum absolute atomic E-state index is 0.0216. The van der Waals surface area contributed by atoms with E-state index in [4.69, 9.17) is 14.8 Å². The van der Waals surface area contributed by atoms with Gasteiger partial charge in [0.05, 0.1) is 17.3 Å². The summed E-state index contributed by atoms with van der Waals surface area (Å²) >= 11 is 1.79. The van der Waals surface area contributed by atoms with Crippen LogP contribution in [0.25, 0.3) is 0 Å². The highest BCUT2D eigenvalue weighted by Gasteiger charge is 2.22. The van der Waals surface area contributed by atoms with Gasteiger partial charge in [-0.15, -0.1) is 11.3 Å². The molecular formula is C19H28N2O2S. The van der Waals surface area contributed by atoms with Gasteiger partial charge in [-0.25, -0.2) is 4.98 Å². The molecule has 1 aromatic heterocycles. The quantitative estimate of drug-likeness (QED) is 0.795. The van der Waals surface area contributed by atoms with Crippen LogP contribution in [0.4, 0.5) is 0 Å². The van der Waals surface area contributed by atoms with Crippen molar-refractivity contribution >= 4 is 11.3 Å². The molecule has 0 radical (unpaired) electrons. The first-order valence-electron chi connectivity index (χ1n) is 8.35. The number of para-hydroxylation sites is 1. The Labute approximate surface area is 148 Å². The Hall–Kier alpha value is -1.43. The van der Waals surface area contributed by atoms with Crippen LogP contribution in [0.5, 0.6) is 5.75 Å². The summed E-state index contributed by atoms with van der Waals surface area (Å²) in [5.41, 5.74) is 2.28. The van der Waals surface area contributed by atoms with E-state index < -0.39 is 0 Å². The molecule has 0 bridgehead atoms. The fourth-order valence-electron chi connectivity index (χ4n) is 2.43. The molecule has 1 heterocycles. The molecule has 0 aliphatic carbocycles. The van der Waals surface area contributed by atoms with E-state index >= 15 is 0 Å². The van der Waals surface area contributed by atoms with Gasteiger partial charge in [-0.3, -0.25) is 0 Å². The van der Waals surface area contributed by atoms with Crippen molar-refractivity contribution in [1.29, 1.82) is 0 Å². The maximum Gasteiger partial charge on any atom is 0.123 e. The summed E-state index contributed by atoms with van der Waals surface area (Å²) in [6.07, 6.45) is 0. The number of benzene rings is 1. The number of hydrogen-bond acceptors (Lipinski definition) is 5. The van der Waals surface area contributed by atoms with Crippen LogP contribution in [-0.4, -0.2) is 23.3 Å². The second-order valence-electron chi connectivity index (χ2n) is 7.00. The average molecular weight is 349 g/mol. The molecule has 1 aromatic carbocycles. The van der Waals surface area contributed by atoms with Gasteiger partial charge in [-0.2, -0.15) is 0 Å². The Bertz CT molecular complexity index is 662. The van der Waals surface area contributed by atoms with Crippen molar-refractivity contribution in [2.24, 2.45) is 0 Å². The van der Waals surface area contributed by atoms with Gasteiger partial charge in [0.2, 0.25) is 0 Å². The lowest BCUT2D eigenvalue weighted by molar-refractivity contribution is 0.200. The molecule has 2 N–H and O–H groups in total. The Morgan fingerprint density at radius 3 is 2.62 bits per heavy atom. The lowest BCUT2D eigenvalue weighted by Gasteiger charge is -2.16. The maximum absolute atomic E-state index is 8.94. The topological polar surface area (TPSA) is 54.4 Å². The number of nitrogens with zero attached hydrogens (tertiary/aromatic N) is 1. The Kier molecular flexibility index (Phi) is 6.38. The molecule has 4 nitrogen and oxygen atoms in total. The summed E-state index contributed by atoms with van der Waals surface area (Å²) in [6, 6.07) is 8.16. The molecule has 0 saturated heterocycles. The zero-order chi connectivity index (χ0) is 17.7. The van der Waals surface area contributed by atoms with Gasteiger partial charge in [-0.05, 0) is 19.9 Å². The fraction of sp³-hybridized carbons (Fsp3) is 0.526. The molecule has 0 aliphatic heterocycles. The van der Waals surface area contributed by atoms with E-state index in [-0.39, 0.29) is 18.1 Å². The van der Waals surface area contributed by atoms with Crippen LogP contribution in [0.1, 0.15) is 54.9 Å². The molecule has 0 spiro atoms. The minimum Gasteiger partial charge on any atom is -0.491 e. The molecule has 24 heavy (non-hydrogen) atoms. The number of aliphatic hydroxyl groups excluding tert-OH is 1. The monoisotopic (exact) mass is 348 g/mol. The molecule has 0 saturated carbocycles. The standard InChI is InChI=1S/C19H28N2O2S/c1-13(17-14(2)21-18(24-17)19(3,4)5)20-12-15-8-6-7-9-16(15)23-11-10-22/h6-9,13,20,22H,10-12H2,1-5H3. The number of aryl methyl sites for hydroxylation is 1. The molecule has 5 heteroatoms. The lowest BCUT2D eigenvalue weighted by Crippen LogP contribution is -2.18. The van der Waals surface area contributed by atoms with E-state index in [1.165, 1.54) is 9.88 Å². The first-order chi connectivity index (χ1) is 11.3. The third kappa shape index (κ3) is 4.79. The molecule has 1 unspecified atom stereocenters. The highest BCUT2D eigenvalue weighted by molar-refractivity contribution is 7.12. The number of thiazole rings is 1. The second kappa shape index (κ2) is 8.10. The van der Waals surface area contributed by atoms with E-state index in [2.05, 4.69) is 39.9 Å². The van der Waals surface area contributed by atoms with Gasteiger partial charge in [0.15, 0.2) is 0 Å². The summed E-state index contributed by atoms with van der Waals surface area (Å²) in [5.74, 6) is 0.822. The summed E-state index contributed by atoms with van der Waals surface area (Å²) < 4.78 is 5.60. The smallest absolute Gasteiger partial charge is 0.123 e. The van der Waals surface area contributed by atoms with Crippen molar-refractivity contribution in [2.75, 3.05) is 13.2 Å². The predicted octanol–water partition coefficient (Wildman–Crippen LogP) is 3.97. The number of hydrogen-bond donors (Lipinski definition) is 2. The van der Waals surface area contributed by atoms with E-state index in [1.54, 1.807) is 11.3 Å². The van der Waals surface area contributed by atoms with Crippen LogP contribution in [0.3, 0.4) is 0 Å². The second-order valence-corrected chi connectivity index (χ2v) is 8.03. The molecule has 132 valence electrons. The van der Waals surface area contributed by atoms with Crippen LogP contribution in [0.15, 0.2) is 24.3 Å². The first-order valence-corrected chi connectivity index (χ1v) is 9.17. The molecule has 2 rings (SSSR count). The lowest BCUT2D eigenvalue weighted by atomic mass is 9.98. The first kappa shape index (κ1) is 18.9. The van der Waals surface area contributed by atoms with Crippen molar-refractivity contribution in [1.82, 2.24) is 10.3 Å². The Morgan fingerprint density at radius 2 is 2.00 bits per heavy atom. The minimum atomic E-state index is 0.0216. The van der Waals surface area contributed by atoms with Crippen molar-refractivity contribution in [3.05, 3.63) is 45.4 Å². The summed E-state index contributed by atoms with van der Waals surface area (Å²) in [5, 5.41) is 13.7. The van der Waals surface area contributed by atoms with Crippen LogP contribution >= 0.6 is 11.3 Å². The van der Waals surface area contributed by atoms with Gasteiger partial charge >= 0.3 is 0 Å². The van der Waals surface area contributed by atoms with Gasteiger partial charge in [0, 0.05) is 28.4 Å². The molecule has 1 atom stereocenters. The Balaban J connectivity index is 2.06. The van der Waals surface area contributed by atoms with Crippen LogP contribution in [-0.2, 0) is 12.0 Å². The number of aromatic nitrogens is 1. The van der Waals surface area contributed by atoms with Crippen molar-refractivity contribution < 1.29 is 9.84 Å². The van der Waals surface area contributed by atoms with Crippen LogP contribution in [0.2, 0.25) is 0 Å². The highest BCUT2D eigenvalue weighted by atomic mass is 32.1. The fourth-order valence-corrected chi connectivity index (χ4v) is 3.58. The number of aliphatic hydroxyl groups is 1. The summed E-state index contributed by atoms with van der Waals surface area (Å²) in [6.45, 7) is 11.9. The summed E-state index contributed by atoms with van der Waals surface area (Å²) in [7, 11) is 0. The van der Waals surface area contributed by atoms with Gasteiger partial charge in [0.25, 0.3) is 0 Å². The van der Waals surface area contributed by atoms with E-state index in [0.29, 0.717) is 13.2 Å². The maximum atomic E-state index is 8.94. The third-order valence-corrected chi connectivity index (χ3v) is 5.55. The van der Waals surface area contributed by atoms with Crippen LogP contribution in [0, 0.1) is 6.92 Å². The average Bonchev–Trinajstić information content (AvgIpc) is 2.93. The van der Waals surface area contributed by atoms with Crippen molar-refractivity contribution in [2.45, 2.75) is 52.6 Å². The Morgan fingerprint density at radius 1 is 1.29 bits per heavy atom. The SMILES string of the molecule is Cc1nc(C(C)(C)C)sc1C(C)NCc1ccccc1OCCO. The van der Waals surface area contributed by atoms with E-state index in [1.807, 2.05) is 24.3 Å². The van der Waals surface area contributed by atoms with Gasteiger partial charge < -0.3 is 15.2 Å². The van der Waals surface area contributed by atoms with Gasteiger partial charge in [-0.1, -0.05) is 39.0 Å². The molecular weight excluding hydrogens is 320 g/mol. The van der Waals surface area contributed by atoms with Crippen LogP contribution < -0.4 is 10.1 Å². The third-order valence-electron chi connectivity index (χ3n) is 3.79. The van der Waals surface area contributed by atoms with E-state index in [9.17, 15) is 0 Å². The molecule has 0 amide bonds. The molecule has 2 aromatic rings. The normalized spacial score (nSPS) is 13.1. The predicted molar refractivity (Wildman–Crippen MR) is 99.8 cm³/mol. The number of ether oxygens (including phenoxy) is 1. The summed E-state index contributed by atoms with van der Waals surface area (Å²) in [4.78, 5) is 6.03. The molecule has 0 aliphatic rings. The highest BCUT2D eigenvalue weighted by Crippen LogP contribution is 2.32. The largest absolute Gasteiger partial charge is 0.491 e. The van der Waals surface area contributed by atoms with Crippen molar-refractivity contribution in [3.63, 3.8) is 0 Å². The zero-order valence-corrected chi connectivity index (χ0v) is 16.0. The number of rotatable bonds is 7. The molecule has 0 fully saturated rings. The number of nitrogens with one attached hydrogen (secondary N) is 1.